The second-order valence-corrected chi connectivity index (χ2v) is 8.77. The third-order valence-corrected chi connectivity index (χ3v) is 6.51. The number of rotatable bonds is 7. The molecule has 2 aromatic heterocycles. The van der Waals surface area contributed by atoms with Gasteiger partial charge in [0.25, 0.3) is 0 Å². The van der Waals surface area contributed by atoms with Crippen molar-refractivity contribution in [1.82, 2.24) is 9.88 Å². The largest absolute Gasteiger partial charge is 0.511 e. The molecule has 182 valence electrons. The molecular weight excluding hydrogens is 453 g/mol. The van der Waals surface area contributed by atoms with Crippen LogP contribution < -0.4 is 15.3 Å². The van der Waals surface area contributed by atoms with Crippen LogP contribution in [0.4, 0.5) is 14.9 Å². The highest BCUT2D eigenvalue weighted by Crippen LogP contribution is 2.27. The summed E-state index contributed by atoms with van der Waals surface area (Å²) in [6, 6.07) is 11.0. The number of hydrogen-bond acceptors (Lipinski definition) is 6. The van der Waals surface area contributed by atoms with Crippen LogP contribution in [0.15, 0.2) is 57.9 Å². The molecule has 0 unspecified atom stereocenters. The van der Waals surface area contributed by atoms with Gasteiger partial charge in [-0.1, -0.05) is 0 Å². The first-order chi connectivity index (χ1) is 17.0. The Balaban J connectivity index is 1.14. The van der Waals surface area contributed by atoms with E-state index in [1.807, 2.05) is 12.3 Å². The minimum Gasteiger partial charge on any atom is -0.449 e. The summed E-state index contributed by atoms with van der Waals surface area (Å²) in [6.07, 6.45) is 3.58. The van der Waals surface area contributed by atoms with Gasteiger partial charge in [0.05, 0.1) is 5.69 Å². The number of unbranched alkanes of at least 4 members (excludes halogenated alkanes) is 1. The Morgan fingerprint density at radius 1 is 1.06 bits per heavy atom. The first kappa shape index (κ1) is 22.9. The van der Waals surface area contributed by atoms with Gasteiger partial charge in [-0.3, -0.25) is 4.90 Å². The maximum Gasteiger partial charge on any atom is 0.511 e. The van der Waals surface area contributed by atoms with Crippen LogP contribution >= 0.6 is 0 Å². The summed E-state index contributed by atoms with van der Waals surface area (Å²) in [5.41, 5.74) is 2.70. The molecule has 0 atom stereocenters. The van der Waals surface area contributed by atoms with E-state index >= 15 is 0 Å². The van der Waals surface area contributed by atoms with E-state index in [2.05, 4.69) is 14.8 Å². The van der Waals surface area contributed by atoms with E-state index in [0.29, 0.717) is 5.75 Å². The van der Waals surface area contributed by atoms with E-state index in [0.717, 1.165) is 79.5 Å². The first-order valence-electron chi connectivity index (χ1n) is 11.7. The Labute approximate surface area is 200 Å². The zero-order valence-corrected chi connectivity index (χ0v) is 19.1. The highest BCUT2D eigenvalue weighted by Gasteiger charge is 2.20. The fraction of sp³-hybridized carbons (Fsp3) is 0.308. The normalized spacial score (nSPS) is 14.6. The van der Waals surface area contributed by atoms with Crippen molar-refractivity contribution in [1.29, 1.82) is 0 Å². The number of piperazine rings is 1. The number of fused-ring (bicyclic) bond motifs is 2. The number of carboxylic acid groups (broad SMARTS) is 1. The number of nitrogens with one attached hydrogen (secondary N) is 1. The fourth-order valence-electron chi connectivity index (χ4n) is 4.77. The Kier molecular flexibility index (Phi) is 6.41. The number of aromatic amines is 1. The number of ether oxygens (including phenoxy) is 1. The van der Waals surface area contributed by atoms with Crippen LogP contribution in [0, 0.1) is 5.82 Å². The summed E-state index contributed by atoms with van der Waals surface area (Å²) >= 11 is 0. The molecule has 5 rings (SSSR count). The molecule has 2 N–H and O–H groups in total. The van der Waals surface area contributed by atoms with Gasteiger partial charge in [-0.25, -0.2) is 14.0 Å². The average Bonchev–Trinajstić information content (AvgIpc) is 3.23. The molecule has 0 spiro atoms. The van der Waals surface area contributed by atoms with Crippen LogP contribution in [0.5, 0.6) is 5.75 Å². The van der Waals surface area contributed by atoms with Crippen molar-refractivity contribution in [3.8, 4) is 5.75 Å². The summed E-state index contributed by atoms with van der Waals surface area (Å²) in [6.45, 7) is 4.31. The summed E-state index contributed by atoms with van der Waals surface area (Å²) in [5.74, 6) is -0.109. The van der Waals surface area contributed by atoms with E-state index in [1.54, 1.807) is 18.2 Å². The van der Waals surface area contributed by atoms with Crippen molar-refractivity contribution in [3.63, 3.8) is 0 Å². The predicted molar refractivity (Wildman–Crippen MR) is 131 cm³/mol. The SMILES string of the molecule is O=C(O)Oc1ccc2[nH]cc(CCCCN3CCN(c4cc(=O)oc5cc(F)ccc45)CC3)c2c1. The summed E-state index contributed by atoms with van der Waals surface area (Å²) < 4.78 is 23.5. The number of aryl methyl sites for hydroxylation is 1. The molecule has 4 aromatic rings. The minimum absolute atomic E-state index is 0.272. The number of nitrogens with zero attached hydrogens (tertiary/aromatic N) is 2. The molecule has 1 saturated heterocycles. The molecule has 0 bridgehead atoms. The number of carbonyl (C=O) groups is 1. The van der Waals surface area contributed by atoms with Crippen LogP contribution in [-0.4, -0.2) is 53.9 Å². The molecule has 35 heavy (non-hydrogen) atoms. The topological polar surface area (TPSA) is 99.0 Å². The van der Waals surface area contributed by atoms with Crippen LogP contribution in [-0.2, 0) is 6.42 Å². The number of benzene rings is 2. The van der Waals surface area contributed by atoms with Gasteiger partial charge in [0.1, 0.15) is 17.1 Å². The fourth-order valence-corrected chi connectivity index (χ4v) is 4.77. The van der Waals surface area contributed by atoms with E-state index in [9.17, 15) is 14.0 Å². The Morgan fingerprint density at radius 2 is 1.89 bits per heavy atom. The second kappa shape index (κ2) is 9.79. The van der Waals surface area contributed by atoms with Crippen molar-refractivity contribution in [2.75, 3.05) is 37.6 Å². The predicted octanol–water partition coefficient (Wildman–Crippen LogP) is 4.62. The lowest BCUT2D eigenvalue weighted by molar-refractivity contribution is 0.144. The molecule has 8 nitrogen and oxygen atoms in total. The van der Waals surface area contributed by atoms with Crippen LogP contribution in [0.1, 0.15) is 18.4 Å². The lowest BCUT2D eigenvalue weighted by atomic mass is 10.1. The molecule has 1 aliphatic rings. The monoisotopic (exact) mass is 479 g/mol. The Bertz CT molecular complexity index is 1420. The number of aromatic nitrogens is 1. The van der Waals surface area contributed by atoms with Crippen LogP contribution in [0.2, 0.25) is 0 Å². The van der Waals surface area contributed by atoms with Gasteiger partial charge in [-0.15, -0.1) is 0 Å². The standard InChI is InChI=1S/C26H26FN3O5/c27-18-4-6-20-23(15-25(31)35-24(20)13-18)30-11-9-29(10-12-30)8-2-1-3-17-16-28-22-7-5-19(14-21(17)22)34-26(32)33/h4-7,13-16,28H,1-3,8-12H2,(H,32,33). The molecule has 0 amide bonds. The van der Waals surface area contributed by atoms with E-state index in [1.165, 1.54) is 18.2 Å². The Hall–Kier alpha value is -3.85. The maximum atomic E-state index is 13.6. The van der Waals surface area contributed by atoms with Gasteiger partial charge in [-0.05, 0) is 61.7 Å². The summed E-state index contributed by atoms with van der Waals surface area (Å²) in [4.78, 5) is 30.6. The summed E-state index contributed by atoms with van der Waals surface area (Å²) in [7, 11) is 0. The average molecular weight is 480 g/mol. The third-order valence-electron chi connectivity index (χ3n) is 6.51. The number of halogens is 1. The first-order valence-corrected chi connectivity index (χ1v) is 11.7. The smallest absolute Gasteiger partial charge is 0.449 e. The highest BCUT2D eigenvalue weighted by molar-refractivity contribution is 5.90. The molecule has 2 aromatic carbocycles. The Morgan fingerprint density at radius 3 is 2.69 bits per heavy atom. The van der Waals surface area contributed by atoms with Crippen molar-refractivity contribution >= 4 is 33.7 Å². The van der Waals surface area contributed by atoms with Gasteiger partial charge in [0.15, 0.2) is 0 Å². The number of H-pyrrole nitrogens is 1. The minimum atomic E-state index is -1.32. The van der Waals surface area contributed by atoms with Crippen molar-refractivity contribution in [3.05, 3.63) is 70.5 Å². The molecule has 3 heterocycles. The van der Waals surface area contributed by atoms with Crippen LogP contribution in [0.25, 0.3) is 21.9 Å². The van der Waals surface area contributed by atoms with Gasteiger partial charge in [0.2, 0.25) is 0 Å². The van der Waals surface area contributed by atoms with Gasteiger partial charge in [0, 0.05) is 60.8 Å². The third kappa shape index (κ3) is 5.14. The molecule has 1 fully saturated rings. The van der Waals surface area contributed by atoms with Crippen LogP contribution in [0.3, 0.4) is 0 Å². The van der Waals surface area contributed by atoms with Crippen molar-refractivity contribution < 1.29 is 23.4 Å². The van der Waals surface area contributed by atoms with Crippen molar-refractivity contribution in [2.24, 2.45) is 0 Å². The molecule has 0 saturated carbocycles. The number of anilines is 1. The molecule has 1 aliphatic heterocycles. The molecule has 0 aliphatic carbocycles. The molecule has 9 heteroatoms. The summed E-state index contributed by atoms with van der Waals surface area (Å²) in [5, 5.41) is 10.6. The van der Waals surface area contributed by atoms with Crippen molar-refractivity contribution in [2.45, 2.75) is 19.3 Å². The van der Waals surface area contributed by atoms with E-state index in [4.69, 9.17) is 14.3 Å². The van der Waals surface area contributed by atoms with Gasteiger partial charge < -0.3 is 24.1 Å². The van der Waals surface area contributed by atoms with E-state index in [-0.39, 0.29) is 5.58 Å². The highest BCUT2D eigenvalue weighted by atomic mass is 19.1. The van der Waals surface area contributed by atoms with Gasteiger partial charge in [-0.2, -0.15) is 0 Å². The zero-order chi connectivity index (χ0) is 24.4. The van der Waals surface area contributed by atoms with E-state index < -0.39 is 17.6 Å². The maximum absolute atomic E-state index is 13.6. The molecular formula is C26H26FN3O5. The van der Waals surface area contributed by atoms with Gasteiger partial charge >= 0.3 is 11.8 Å². The molecule has 0 radical (unpaired) electrons. The lowest BCUT2D eigenvalue weighted by Gasteiger charge is -2.36. The second-order valence-electron chi connectivity index (χ2n) is 8.77. The zero-order valence-electron chi connectivity index (χ0n) is 19.1. The number of hydrogen-bond donors (Lipinski definition) is 2. The quantitative estimate of drug-likeness (QED) is 0.173. The lowest BCUT2D eigenvalue weighted by Crippen LogP contribution is -2.46.